The number of fused-ring (bicyclic) bond motifs is 1. The molecule has 5 heteroatoms. The highest BCUT2D eigenvalue weighted by molar-refractivity contribution is 8.01. The van der Waals surface area contributed by atoms with Crippen molar-refractivity contribution in [1.82, 2.24) is 4.31 Å². The van der Waals surface area contributed by atoms with Gasteiger partial charge in [0.05, 0.1) is 10.3 Å². The lowest BCUT2D eigenvalue weighted by atomic mass is 10.1. The number of sulfonamides is 1. The van der Waals surface area contributed by atoms with Crippen LogP contribution in [0.15, 0.2) is 47.4 Å². The molecule has 0 spiro atoms. The van der Waals surface area contributed by atoms with Crippen molar-refractivity contribution in [3.8, 4) is 0 Å². The van der Waals surface area contributed by atoms with Gasteiger partial charge in [-0.25, -0.2) is 8.42 Å². The highest BCUT2D eigenvalue weighted by Gasteiger charge is 2.33. The van der Waals surface area contributed by atoms with E-state index in [1.165, 1.54) is 0 Å². The Morgan fingerprint density at radius 3 is 2.63 bits per heavy atom. The molecule has 100 valence electrons. The van der Waals surface area contributed by atoms with Crippen molar-refractivity contribution in [1.29, 1.82) is 0 Å². The van der Waals surface area contributed by atoms with Crippen LogP contribution in [-0.2, 0) is 10.0 Å². The average molecular weight is 293 g/mol. The van der Waals surface area contributed by atoms with E-state index in [4.69, 9.17) is 0 Å². The molecule has 1 fully saturated rings. The molecule has 1 heterocycles. The van der Waals surface area contributed by atoms with Gasteiger partial charge in [0.2, 0.25) is 10.0 Å². The van der Waals surface area contributed by atoms with Gasteiger partial charge in [-0.2, -0.15) is 4.31 Å². The van der Waals surface area contributed by atoms with Crippen molar-refractivity contribution < 1.29 is 8.42 Å². The lowest BCUT2D eigenvalue weighted by Gasteiger charge is -2.21. The first-order chi connectivity index (χ1) is 9.10. The third-order valence-corrected chi connectivity index (χ3v) is 6.73. The highest BCUT2D eigenvalue weighted by Crippen LogP contribution is 2.32. The number of benzene rings is 2. The van der Waals surface area contributed by atoms with E-state index in [1.807, 2.05) is 43.3 Å². The molecular formula is C14H15NO2S2. The van der Waals surface area contributed by atoms with Gasteiger partial charge in [0.1, 0.15) is 0 Å². The minimum absolute atomic E-state index is 0.0176. The molecule has 2 aromatic carbocycles. The van der Waals surface area contributed by atoms with E-state index in [9.17, 15) is 8.42 Å². The molecule has 19 heavy (non-hydrogen) atoms. The molecule has 3 rings (SSSR count). The van der Waals surface area contributed by atoms with Crippen LogP contribution in [0.5, 0.6) is 0 Å². The van der Waals surface area contributed by atoms with Crippen LogP contribution in [0.4, 0.5) is 0 Å². The van der Waals surface area contributed by atoms with Crippen LogP contribution in [0, 0.1) is 0 Å². The molecule has 0 aliphatic carbocycles. The minimum atomic E-state index is -3.40. The summed E-state index contributed by atoms with van der Waals surface area (Å²) in [6.45, 7) is 2.54. The second kappa shape index (κ2) is 4.81. The van der Waals surface area contributed by atoms with E-state index in [0.29, 0.717) is 11.4 Å². The van der Waals surface area contributed by atoms with E-state index in [0.717, 1.165) is 16.5 Å². The van der Waals surface area contributed by atoms with Gasteiger partial charge in [0, 0.05) is 17.7 Å². The molecule has 2 aromatic rings. The normalized spacial score (nSPS) is 21.0. The summed E-state index contributed by atoms with van der Waals surface area (Å²) in [6, 6.07) is 13.1. The Morgan fingerprint density at radius 1 is 1.16 bits per heavy atom. The second-order valence-corrected chi connectivity index (χ2v) is 7.85. The SMILES string of the molecule is CC1SCCN1S(=O)(=O)c1cccc2ccccc12. The largest absolute Gasteiger partial charge is 0.244 e. The molecule has 0 amide bonds. The summed E-state index contributed by atoms with van der Waals surface area (Å²) in [7, 11) is -3.40. The molecule has 1 atom stereocenters. The fraction of sp³-hybridized carbons (Fsp3) is 0.286. The van der Waals surface area contributed by atoms with Crippen LogP contribution in [0.25, 0.3) is 10.8 Å². The van der Waals surface area contributed by atoms with E-state index in [1.54, 1.807) is 22.1 Å². The molecule has 1 aliphatic heterocycles. The van der Waals surface area contributed by atoms with Gasteiger partial charge < -0.3 is 0 Å². The second-order valence-electron chi connectivity index (χ2n) is 4.56. The van der Waals surface area contributed by atoms with Gasteiger partial charge in [-0.15, -0.1) is 11.8 Å². The fourth-order valence-electron chi connectivity index (χ4n) is 2.44. The van der Waals surface area contributed by atoms with Gasteiger partial charge >= 0.3 is 0 Å². The summed E-state index contributed by atoms with van der Waals surface area (Å²) >= 11 is 1.68. The van der Waals surface area contributed by atoms with Gasteiger partial charge in [0.25, 0.3) is 0 Å². The summed E-state index contributed by atoms with van der Waals surface area (Å²) < 4.78 is 27.1. The molecule has 0 N–H and O–H groups in total. The lowest BCUT2D eigenvalue weighted by molar-refractivity contribution is 0.442. The molecular weight excluding hydrogens is 278 g/mol. The Balaban J connectivity index is 2.19. The van der Waals surface area contributed by atoms with Gasteiger partial charge in [-0.1, -0.05) is 36.4 Å². The van der Waals surface area contributed by atoms with Gasteiger partial charge in [0.15, 0.2) is 0 Å². The summed E-state index contributed by atoms with van der Waals surface area (Å²) in [4.78, 5) is 0.417. The fourth-order valence-corrected chi connectivity index (χ4v) is 5.68. The third-order valence-electron chi connectivity index (χ3n) is 3.41. The zero-order chi connectivity index (χ0) is 13.5. The molecule has 3 nitrogen and oxygen atoms in total. The number of rotatable bonds is 2. The van der Waals surface area contributed by atoms with Crippen LogP contribution < -0.4 is 0 Å². The molecule has 0 aromatic heterocycles. The van der Waals surface area contributed by atoms with Gasteiger partial charge in [-0.05, 0) is 18.4 Å². The summed E-state index contributed by atoms with van der Waals surface area (Å²) in [6.07, 6.45) is 0. The average Bonchev–Trinajstić information content (AvgIpc) is 2.85. The van der Waals surface area contributed by atoms with Crippen molar-refractivity contribution in [2.24, 2.45) is 0 Å². The van der Waals surface area contributed by atoms with Crippen molar-refractivity contribution in [3.63, 3.8) is 0 Å². The summed E-state index contributed by atoms with van der Waals surface area (Å²) in [5, 5.41) is 1.78. The third kappa shape index (κ3) is 2.16. The maximum absolute atomic E-state index is 12.8. The zero-order valence-corrected chi connectivity index (χ0v) is 12.2. The Labute approximate surface area is 117 Å². The molecule has 1 unspecified atom stereocenters. The monoisotopic (exact) mass is 293 g/mol. The maximum atomic E-state index is 12.8. The number of nitrogens with zero attached hydrogens (tertiary/aromatic N) is 1. The first kappa shape index (κ1) is 13.0. The molecule has 1 aliphatic rings. The minimum Gasteiger partial charge on any atom is -0.207 e. The van der Waals surface area contributed by atoms with E-state index in [-0.39, 0.29) is 5.37 Å². The quantitative estimate of drug-likeness (QED) is 0.854. The van der Waals surface area contributed by atoms with Crippen molar-refractivity contribution in [3.05, 3.63) is 42.5 Å². The molecule has 0 saturated carbocycles. The standard InChI is InChI=1S/C14H15NO2S2/c1-11-15(9-10-18-11)19(16,17)14-8-4-6-12-5-2-3-7-13(12)14/h2-8,11H,9-10H2,1H3. The number of thioether (sulfide) groups is 1. The van der Waals surface area contributed by atoms with Crippen LogP contribution in [-0.4, -0.2) is 30.4 Å². The Bertz CT molecular complexity index is 707. The summed E-state index contributed by atoms with van der Waals surface area (Å²) in [5.41, 5.74) is 0. The molecule has 0 radical (unpaired) electrons. The van der Waals surface area contributed by atoms with Crippen molar-refractivity contribution in [2.45, 2.75) is 17.2 Å². The van der Waals surface area contributed by atoms with Crippen molar-refractivity contribution >= 4 is 32.6 Å². The maximum Gasteiger partial charge on any atom is 0.244 e. The first-order valence-corrected chi connectivity index (χ1v) is 8.71. The Hall–Kier alpha value is -1.04. The van der Waals surface area contributed by atoms with Crippen LogP contribution in [0.1, 0.15) is 6.92 Å². The van der Waals surface area contributed by atoms with Gasteiger partial charge in [-0.3, -0.25) is 0 Å². The highest BCUT2D eigenvalue weighted by atomic mass is 32.2. The van der Waals surface area contributed by atoms with Crippen molar-refractivity contribution in [2.75, 3.05) is 12.3 Å². The predicted molar refractivity (Wildman–Crippen MR) is 79.8 cm³/mol. The Morgan fingerprint density at radius 2 is 1.89 bits per heavy atom. The van der Waals surface area contributed by atoms with Crippen LogP contribution >= 0.6 is 11.8 Å². The molecule has 1 saturated heterocycles. The number of hydrogen-bond acceptors (Lipinski definition) is 3. The predicted octanol–water partition coefficient (Wildman–Crippen LogP) is 2.92. The van der Waals surface area contributed by atoms with E-state index >= 15 is 0 Å². The number of hydrogen-bond donors (Lipinski definition) is 0. The van der Waals surface area contributed by atoms with Crippen LogP contribution in [0.3, 0.4) is 0 Å². The lowest BCUT2D eigenvalue weighted by Crippen LogP contribution is -2.33. The summed E-state index contributed by atoms with van der Waals surface area (Å²) in [5.74, 6) is 0.866. The smallest absolute Gasteiger partial charge is 0.207 e. The molecule has 0 bridgehead atoms. The van der Waals surface area contributed by atoms with E-state index in [2.05, 4.69) is 0 Å². The van der Waals surface area contributed by atoms with E-state index < -0.39 is 10.0 Å². The van der Waals surface area contributed by atoms with Crippen LogP contribution in [0.2, 0.25) is 0 Å². The first-order valence-electron chi connectivity index (χ1n) is 6.22. The zero-order valence-electron chi connectivity index (χ0n) is 10.6. The topological polar surface area (TPSA) is 37.4 Å². The Kier molecular flexibility index (Phi) is 3.28.